The molecule has 1 aliphatic heterocycles. The summed E-state index contributed by atoms with van der Waals surface area (Å²) in [6, 6.07) is 7.55. The summed E-state index contributed by atoms with van der Waals surface area (Å²) in [5.74, 6) is 1.01. The first-order valence-electron chi connectivity index (χ1n) is 10.7. The van der Waals surface area contributed by atoms with Crippen LogP contribution in [0.1, 0.15) is 51.3 Å². The predicted molar refractivity (Wildman–Crippen MR) is 114 cm³/mol. The van der Waals surface area contributed by atoms with Gasteiger partial charge in [-0.3, -0.25) is 4.79 Å². The quantitative estimate of drug-likeness (QED) is 0.764. The monoisotopic (exact) mass is 417 g/mol. The van der Waals surface area contributed by atoms with Gasteiger partial charge in [-0.05, 0) is 42.7 Å². The molecule has 0 N–H and O–H groups in total. The maximum Gasteiger partial charge on any atom is 0.242 e. The van der Waals surface area contributed by atoms with Crippen LogP contribution in [0.5, 0.6) is 0 Å². The van der Waals surface area contributed by atoms with Crippen LogP contribution in [0.3, 0.4) is 0 Å². The van der Waals surface area contributed by atoms with Gasteiger partial charge in [-0.15, -0.1) is 0 Å². The van der Waals surface area contributed by atoms with Gasteiger partial charge in [0.2, 0.25) is 5.91 Å². The molecule has 2 heterocycles. The maximum atomic E-state index is 13.3. The van der Waals surface area contributed by atoms with Gasteiger partial charge in [0.15, 0.2) is 9.84 Å². The summed E-state index contributed by atoms with van der Waals surface area (Å²) in [4.78, 5) is 19.8. The fourth-order valence-electron chi connectivity index (χ4n) is 5.27. The third-order valence-electron chi connectivity index (χ3n) is 7.00. The van der Waals surface area contributed by atoms with Crippen molar-refractivity contribution in [3.63, 3.8) is 0 Å². The van der Waals surface area contributed by atoms with E-state index >= 15 is 0 Å². The van der Waals surface area contributed by atoms with Crippen molar-refractivity contribution in [2.24, 2.45) is 11.3 Å². The Morgan fingerprint density at radius 3 is 2.66 bits per heavy atom. The molecule has 2 aromatic rings. The van der Waals surface area contributed by atoms with E-state index in [4.69, 9.17) is 0 Å². The number of hydrogen-bond donors (Lipinski definition) is 0. The second-order valence-corrected chi connectivity index (χ2v) is 11.2. The number of imidazole rings is 1. The van der Waals surface area contributed by atoms with Crippen molar-refractivity contribution in [2.45, 2.75) is 57.7 Å². The van der Waals surface area contributed by atoms with Crippen molar-refractivity contribution < 1.29 is 13.2 Å². The average Bonchev–Trinajstić information content (AvgIpc) is 3.00. The van der Waals surface area contributed by atoms with E-state index in [0.717, 1.165) is 30.5 Å². The molecule has 1 aromatic heterocycles. The zero-order chi connectivity index (χ0) is 20.6. The number of benzene rings is 1. The summed E-state index contributed by atoms with van der Waals surface area (Å²) < 4.78 is 25.6. The number of para-hydroxylation sites is 2. The second-order valence-electron chi connectivity index (χ2n) is 9.10. The highest BCUT2D eigenvalue weighted by Crippen LogP contribution is 2.46. The first-order chi connectivity index (χ1) is 13.8. The van der Waals surface area contributed by atoms with E-state index in [0.29, 0.717) is 11.7 Å². The molecule has 1 amide bonds. The van der Waals surface area contributed by atoms with Crippen molar-refractivity contribution in [1.29, 1.82) is 0 Å². The van der Waals surface area contributed by atoms with Crippen molar-refractivity contribution in [1.82, 2.24) is 14.5 Å². The van der Waals surface area contributed by atoms with Gasteiger partial charge in [0.1, 0.15) is 18.1 Å². The number of rotatable bonds is 4. The van der Waals surface area contributed by atoms with Gasteiger partial charge in [-0.1, -0.05) is 38.3 Å². The number of nitrogens with zero attached hydrogens (tertiary/aromatic N) is 3. The maximum absolute atomic E-state index is 13.3. The molecule has 2 fully saturated rings. The summed E-state index contributed by atoms with van der Waals surface area (Å²) in [6.07, 6.45) is 8.51. The van der Waals surface area contributed by atoms with Crippen LogP contribution >= 0.6 is 0 Å². The molecule has 2 aliphatic rings. The number of piperidine rings is 1. The minimum absolute atomic E-state index is 0.0692. The lowest BCUT2D eigenvalue weighted by Gasteiger charge is -2.49. The van der Waals surface area contributed by atoms with Crippen LogP contribution in [0, 0.1) is 11.3 Å². The van der Waals surface area contributed by atoms with E-state index in [1.165, 1.54) is 38.4 Å². The normalized spacial score (nSPS) is 22.3. The third kappa shape index (κ3) is 4.20. The van der Waals surface area contributed by atoms with Crippen LogP contribution in [0.2, 0.25) is 0 Å². The molecular weight excluding hydrogens is 386 g/mol. The van der Waals surface area contributed by atoms with Gasteiger partial charge in [0.05, 0.1) is 11.0 Å². The van der Waals surface area contributed by atoms with Gasteiger partial charge in [0.25, 0.3) is 0 Å². The van der Waals surface area contributed by atoms with Crippen molar-refractivity contribution in [3.05, 3.63) is 30.1 Å². The van der Waals surface area contributed by atoms with Gasteiger partial charge in [-0.2, -0.15) is 0 Å². The standard InChI is InChI=1S/C22H31N3O3S/c1-17-10-13-24(16-22(17)11-6-3-7-12-22)21(26)14-25-19-9-5-4-8-18(19)23-20(25)15-29(2,27)28/h4-5,8-9,17H,3,6-7,10-16H2,1-2H3. The first-order valence-corrected chi connectivity index (χ1v) is 12.7. The number of carbonyl (C=O) groups excluding carboxylic acids is 1. The van der Waals surface area contributed by atoms with E-state index in [1.54, 1.807) is 4.57 Å². The number of amides is 1. The van der Waals surface area contributed by atoms with Crippen LogP contribution in [0.25, 0.3) is 11.0 Å². The lowest BCUT2D eigenvalue weighted by molar-refractivity contribution is -0.138. The van der Waals surface area contributed by atoms with E-state index in [9.17, 15) is 13.2 Å². The number of hydrogen-bond acceptors (Lipinski definition) is 4. The van der Waals surface area contributed by atoms with Crippen LogP contribution in [0.15, 0.2) is 24.3 Å². The molecule has 0 radical (unpaired) electrons. The molecule has 1 saturated heterocycles. The molecule has 1 aliphatic carbocycles. The topological polar surface area (TPSA) is 72.3 Å². The molecule has 1 aromatic carbocycles. The van der Waals surface area contributed by atoms with Crippen molar-refractivity contribution in [3.8, 4) is 0 Å². The fourth-order valence-corrected chi connectivity index (χ4v) is 5.96. The molecule has 1 atom stereocenters. The Bertz CT molecular complexity index is 1010. The van der Waals surface area contributed by atoms with E-state index in [-0.39, 0.29) is 23.6 Å². The van der Waals surface area contributed by atoms with Gasteiger partial charge in [0, 0.05) is 19.3 Å². The number of likely N-dealkylation sites (tertiary alicyclic amines) is 1. The average molecular weight is 418 g/mol. The molecule has 1 saturated carbocycles. The Morgan fingerprint density at radius 1 is 1.21 bits per heavy atom. The van der Waals surface area contributed by atoms with E-state index in [1.807, 2.05) is 29.2 Å². The highest BCUT2D eigenvalue weighted by molar-refractivity contribution is 7.89. The van der Waals surface area contributed by atoms with Crippen molar-refractivity contribution in [2.75, 3.05) is 19.3 Å². The Hall–Kier alpha value is -1.89. The summed E-state index contributed by atoms with van der Waals surface area (Å²) in [5, 5.41) is 0. The number of aromatic nitrogens is 2. The minimum atomic E-state index is -3.25. The first kappa shape index (κ1) is 20.4. The zero-order valence-electron chi connectivity index (χ0n) is 17.4. The Kier molecular flexibility index (Phi) is 5.44. The highest BCUT2D eigenvalue weighted by Gasteiger charge is 2.42. The third-order valence-corrected chi connectivity index (χ3v) is 7.79. The minimum Gasteiger partial charge on any atom is -0.341 e. The smallest absolute Gasteiger partial charge is 0.242 e. The Labute approximate surface area is 173 Å². The van der Waals surface area contributed by atoms with Crippen LogP contribution in [0.4, 0.5) is 0 Å². The van der Waals surface area contributed by atoms with Gasteiger partial charge >= 0.3 is 0 Å². The van der Waals surface area contributed by atoms with Crippen LogP contribution in [-0.2, 0) is 26.9 Å². The lowest BCUT2D eigenvalue weighted by atomic mass is 9.63. The second kappa shape index (κ2) is 7.74. The van der Waals surface area contributed by atoms with Crippen LogP contribution < -0.4 is 0 Å². The zero-order valence-corrected chi connectivity index (χ0v) is 18.2. The van der Waals surface area contributed by atoms with Crippen LogP contribution in [-0.4, -0.2) is 48.1 Å². The van der Waals surface area contributed by atoms with Gasteiger partial charge < -0.3 is 9.47 Å². The summed E-state index contributed by atoms with van der Waals surface area (Å²) in [5.41, 5.74) is 1.81. The molecule has 6 nitrogen and oxygen atoms in total. The molecule has 0 bridgehead atoms. The summed E-state index contributed by atoms with van der Waals surface area (Å²) in [6.45, 7) is 4.12. The number of sulfone groups is 1. The Morgan fingerprint density at radius 2 is 1.93 bits per heavy atom. The molecule has 7 heteroatoms. The molecule has 1 spiro atoms. The predicted octanol–water partition coefficient (Wildman–Crippen LogP) is 3.40. The van der Waals surface area contributed by atoms with Gasteiger partial charge in [-0.25, -0.2) is 13.4 Å². The molecule has 4 rings (SSSR count). The lowest BCUT2D eigenvalue weighted by Crippen LogP contribution is -2.51. The molecule has 29 heavy (non-hydrogen) atoms. The fraction of sp³-hybridized carbons (Fsp3) is 0.636. The Balaban J connectivity index is 1.59. The van der Waals surface area contributed by atoms with E-state index in [2.05, 4.69) is 11.9 Å². The largest absolute Gasteiger partial charge is 0.341 e. The summed E-state index contributed by atoms with van der Waals surface area (Å²) in [7, 11) is -3.25. The van der Waals surface area contributed by atoms with Crippen molar-refractivity contribution >= 4 is 26.8 Å². The number of fused-ring (bicyclic) bond motifs is 1. The number of carbonyl (C=O) groups is 1. The molecular formula is C22H31N3O3S. The summed E-state index contributed by atoms with van der Waals surface area (Å²) >= 11 is 0. The molecule has 158 valence electrons. The molecule has 1 unspecified atom stereocenters. The highest BCUT2D eigenvalue weighted by atomic mass is 32.2. The SMILES string of the molecule is CC1CCN(C(=O)Cn2c(CS(C)(=O)=O)nc3ccccc32)CC12CCCCC2. The van der Waals surface area contributed by atoms with E-state index < -0.39 is 9.84 Å².